The molecular formula is C13H11BrOS2. The van der Waals surface area contributed by atoms with Gasteiger partial charge in [0.15, 0.2) is 5.78 Å². The molecule has 1 heterocycles. The van der Waals surface area contributed by atoms with Crippen LogP contribution in [0.5, 0.6) is 0 Å². The summed E-state index contributed by atoms with van der Waals surface area (Å²) in [6.45, 7) is 1.98. The summed E-state index contributed by atoms with van der Waals surface area (Å²) in [5.74, 6) is 0.106. The maximum atomic E-state index is 12.4. The lowest BCUT2D eigenvalue weighted by Gasteiger charge is -2.05. The molecule has 1 aromatic heterocycles. The molecule has 2 aromatic rings. The van der Waals surface area contributed by atoms with Crippen LogP contribution < -0.4 is 0 Å². The van der Waals surface area contributed by atoms with Crippen LogP contribution in [0.3, 0.4) is 0 Å². The molecule has 2 rings (SSSR count). The highest BCUT2D eigenvalue weighted by Gasteiger charge is 2.16. The molecule has 1 nitrogen and oxygen atoms in total. The number of halogens is 1. The summed E-state index contributed by atoms with van der Waals surface area (Å²) in [4.78, 5) is 14.5. The van der Waals surface area contributed by atoms with Crippen molar-refractivity contribution in [2.75, 3.05) is 6.26 Å². The monoisotopic (exact) mass is 326 g/mol. The fourth-order valence-corrected chi connectivity index (χ4v) is 3.93. The van der Waals surface area contributed by atoms with Gasteiger partial charge >= 0.3 is 0 Å². The van der Waals surface area contributed by atoms with Crippen LogP contribution in [0.1, 0.15) is 20.8 Å². The minimum atomic E-state index is 0.106. The van der Waals surface area contributed by atoms with E-state index in [-0.39, 0.29) is 5.78 Å². The van der Waals surface area contributed by atoms with E-state index in [4.69, 9.17) is 0 Å². The lowest BCUT2D eigenvalue weighted by Crippen LogP contribution is -2.02. The Hall–Kier alpha value is -0.580. The van der Waals surface area contributed by atoms with Crippen molar-refractivity contribution < 1.29 is 4.79 Å². The number of aryl methyl sites for hydroxylation is 1. The fourth-order valence-electron chi connectivity index (χ4n) is 1.65. The molecule has 0 aliphatic rings. The minimum absolute atomic E-state index is 0.106. The van der Waals surface area contributed by atoms with E-state index in [2.05, 4.69) is 15.9 Å². The predicted molar refractivity (Wildman–Crippen MR) is 78.4 cm³/mol. The highest BCUT2D eigenvalue weighted by Crippen LogP contribution is 2.30. The van der Waals surface area contributed by atoms with Crippen LogP contribution in [-0.2, 0) is 0 Å². The van der Waals surface area contributed by atoms with Gasteiger partial charge in [0.25, 0.3) is 0 Å². The first-order valence-electron chi connectivity index (χ1n) is 5.07. The van der Waals surface area contributed by atoms with E-state index in [9.17, 15) is 4.79 Å². The Labute approximate surface area is 117 Å². The lowest BCUT2D eigenvalue weighted by atomic mass is 10.0. The summed E-state index contributed by atoms with van der Waals surface area (Å²) in [7, 11) is 0. The van der Waals surface area contributed by atoms with Crippen molar-refractivity contribution in [3.05, 3.63) is 50.1 Å². The van der Waals surface area contributed by atoms with E-state index in [1.165, 1.54) is 0 Å². The Kier molecular flexibility index (Phi) is 4.07. The Balaban J connectivity index is 2.47. The third-order valence-corrected chi connectivity index (χ3v) is 4.83. The van der Waals surface area contributed by atoms with Crippen molar-refractivity contribution in [1.82, 2.24) is 0 Å². The number of thiophene rings is 1. The Morgan fingerprint density at radius 3 is 2.59 bits per heavy atom. The van der Waals surface area contributed by atoms with E-state index in [0.29, 0.717) is 0 Å². The van der Waals surface area contributed by atoms with E-state index in [1.54, 1.807) is 23.1 Å². The van der Waals surface area contributed by atoms with E-state index in [1.807, 2.05) is 43.5 Å². The normalized spacial score (nSPS) is 10.5. The highest BCUT2D eigenvalue weighted by atomic mass is 79.9. The summed E-state index contributed by atoms with van der Waals surface area (Å²) in [6.07, 6.45) is 1.99. The summed E-state index contributed by atoms with van der Waals surface area (Å²) in [5.41, 5.74) is 1.58. The molecule has 0 spiro atoms. The van der Waals surface area contributed by atoms with Crippen LogP contribution in [-0.4, -0.2) is 12.0 Å². The van der Waals surface area contributed by atoms with Crippen LogP contribution in [0.4, 0.5) is 0 Å². The molecular weight excluding hydrogens is 316 g/mol. The van der Waals surface area contributed by atoms with Gasteiger partial charge in [0.2, 0.25) is 0 Å². The second-order valence-electron chi connectivity index (χ2n) is 3.55. The second-order valence-corrected chi connectivity index (χ2v) is 7.03. The average molecular weight is 327 g/mol. The van der Waals surface area contributed by atoms with Crippen LogP contribution in [0.15, 0.2) is 39.0 Å². The molecule has 0 saturated carbocycles. The molecule has 0 amide bonds. The number of carbonyl (C=O) groups excluding carboxylic acids is 1. The molecule has 4 heteroatoms. The molecule has 0 saturated heterocycles. The van der Waals surface area contributed by atoms with Gasteiger partial charge in [-0.1, -0.05) is 12.1 Å². The van der Waals surface area contributed by atoms with Gasteiger partial charge in [0.05, 0.1) is 3.79 Å². The van der Waals surface area contributed by atoms with E-state index in [0.717, 1.165) is 24.7 Å². The zero-order valence-electron chi connectivity index (χ0n) is 9.49. The number of hydrogen-bond acceptors (Lipinski definition) is 3. The van der Waals surface area contributed by atoms with Crippen LogP contribution >= 0.6 is 39.0 Å². The molecule has 88 valence electrons. The molecule has 0 aliphatic heterocycles. The van der Waals surface area contributed by atoms with Crippen LogP contribution in [0.25, 0.3) is 0 Å². The van der Waals surface area contributed by atoms with Gasteiger partial charge in [-0.3, -0.25) is 4.79 Å². The molecule has 0 atom stereocenters. The largest absolute Gasteiger partial charge is 0.289 e. The molecule has 0 fully saturated rings. The van der Waals surface area contributed by atoms with Gasteiger partial charge in [-0.05, 0) is 47.3 Å². The molecule has 0 unspecified atom stereocenters. The zero-order valence-corrected chi connectivity index (χ0v) is 12.7. The molecule has 0 aliphatic carbocycles. The topological polar surface area (TPSA) is 17.1 Å². The summed E-state index contributed by atoms with van der Waals surface area (Å²) >= 11 is 6.62. The van der Waals surface area contributed by atoms with Crippen molar-refractivity contribution in [3.8, 4) is 0 Å². The number of carbonyl (C=O) groups is 1. The highest BCUT2D eigenvalue weighted by molar-refractivity contribution is 9.11. The van der Waals surface area contributed by atoms with E-state index >= 15 is 0 Å². The second kappa shape index (κ2) is 5.38. The number of thioether (sulfide) groups is 1. The molecule has 0 N–H and O–H groups in total. The van der Waals surface area contributed by atoms with E-state index < -0.39 is 0 Å². The van der Waals surface area contributed by atoms with Crippen molar-refractivity contribution >= 4 is 44.8 Å². The smallest absolute Gasteiger partial charge is 0.195 e. The van der Waals surface area contributed by atoms with Gasteiger partial charge in [-0.15, -0.1) is 23.1 Å². The first-order chi connectivity index (χ1) is 8.13. The van der Waals surface area contributed by atoms with Crippen LogP contribution in [0.2, 0.25) is 0 Å². The molecule has 0 radical (unpaired) electrons. The van der Waals surface area contributed by atoms with Crippen molar-refractivity contribution in [2.24, 2.45) is 0 Å². The predicted octanol–water partition coefficient (Wildman–Crippen LogP) is 4.77. The molecule has 17 heavy (non-hydrogen) atoms. The average Bonchev–Trinajstić information content (AvgIpc) is 2.67. The van der Waals surface area contributed by atoms with Crippen molar-refractivity contribution in [2.45, 2.75) is 11.8 Å². The van der Waals surface area contributed by atoms with Gasteiger partial charge in [0, 0.05) is 20.9 Å². The van der Waals surface area contributed by atoms with Crippen molar-refractivity contribution in [1.29, 1.82) is 0 Å². The Morgan fingerprint density at radius 2 is 2.00 bits per heavy atom. The molecule has 0 bridgehead atoms. The summed E-state index contributed by atoms with van der Waals surface area (Å²) in [6, 6.07) is 9.63. The first-order valence-corrected chi connectivity index (χ1v) is 7.90. The Bertz CT molecular complexity index is 560. The third-order valence-electron chi connectivity index (χ3n) is 2.48. The SMILES string of the molecule is CSc1ccccc1C(=O)c1cc(Br)sc1C. The maximum Gasteiger partial charge on any atom is 0.195 e. The van der Waals surface area contributed by atoms with Gasteiger partial charge in [-0.25, -0.2) is 0 Å². The number of rotatable bonds is 3. The third kappa shape index (κ3) is 2.64. The summed E-state index contributed by atoms with van der Waals surface area (Å²) < 4.78 is 1.000. The fraction of sp³-hybridized carbons (Fsp3) is 0.154. The van der Waals surface area contributed by atoms with Crippen molar-refractivity contribution in [3.63, 3.8) is 0 Å². The first kappa shape index (κ1) is 12.9. The number of benzene rings is 1. The Morgan fingerprint density at radius 1 is 1.29 bits per heavy atom. The van der Waals surface area contributed by atoms with Gasteiger partial charge < -0.3 is 0 Å². The van der Waals surface area contributed by atoms with Gasteiger partial charge in [-0.2, -0.15) is 0 Å². The quantitative estimate of drug-likeness (QED) is 0.596. The lowest BCUT2D eigenvalue weighted by molar-refractivity contribution is 0.103. The van der Waals surface area contributed by atoms with Gasteiger partial charge in [0.1, 0.15) is 0 Å². The number of ketones is 1. The van der Waals surface area contributed by atoms with Crippen LogP contribution in [0, 0.1) is 6.92 Å². The minimum Gasteiger partial charge on any atom is -0.289 e. The summed E-state index contributed by atoms with van der Waals surface area (Å²) in [5, 5.41) is 0. The maximum absolute atomic E-state index is 12.4. The number of hydrogen-bond donors (Lipinski definition) is 0. The standard InChI is InChI=1S/C13H11BrOS2/c1-8-10(7-12(14)17-8)13(15)9-5-3-4-6-11(9)16-2/h3-7H,1-2H3. The molecule has 1 aromatic carbocycles. The zero-order chi connectivity index (χ0) is 12.4.